The number of imidazole rings is 1. The fraction of sp³-hybridized carbons (Fsp3) is 0.316. The molecule has 0 aliphatic heterocycles. The summed E-state index contributed by atoms with van der Waals surface area (Å²) in [7, 11) is -0.615. The maximum atomic E-state index is 11.7. The van der Waals surface area contributed by atoms with Crippen LogP contribution in [0.4, 0.5) is 0 Å². The standard InChI is InChI=1S/C19H23N3O4S/c1-4-5-10-22-16-8-7-14(27(20,23)24)12-15(16)21-19(22)13-6-9-17(25-2)18(11-13)26-3/h6-9,11-12H,4-5,10H2,1-3H3,(H2,20,23,24). The molecule has 0 unspecified atom stereocenters. The van der Waals surface area contributed by atoms with E-state index < -0.39 is 10.0 Å². The summed E-state index contributed by atoms with van der Waals surface area (Å²) in [5.41, 5.74) is 2.31. The van der Waals surface area contributed by atoms with E-state index >= 15 is 0 Å². The lowest BCUT2D eigenvalue weighted by atomic mass is 10.2. The van der Waals surface area contributed by atoms with Crippen molar-refractivity contribution in [1.82, 2.24) is 9.55 Å². The van der Waals surface area contributed by atoms with E-state index in [2.05, 4.69) is 16.5 Å². The highest BCUT2D eigenvalue weighted by Crippen LogP contribution is 2.34. The smallest absolute Gasteiger partial charge is 0.238 e. The SMILES string of the molecule is CCCCn1c(-c2ccc(OC)c(OC)c2)nc2cc(S(N)(=O)=O)ccc21. The van der Waals surface area contributed by atoms with Crippen molar-refractivity contribution < 1.29 is 17.9 Å². The first kappa shape index (κ1) is 19.2. The Morgan fingerprint density at radius 1 is 1.07 bits per heavy atom. The van der Waals surface area contributed by atoms with E-state index in [1.54, 1.807) is 20.3 Å². The minimum atomic E-state index is -3.78. The fourth-order valence-corrected chi connectivity index (χ4v) is 3.56. The van der Waals surface area contributed by atoms with E-state index in [0.29, 0.717) is 17.0 Å². The van der Waals surface area contributed by atoms with Crippen LogP contribution in [0.15, 0.2) is 41.3 Å². The molecule has 144 valence electrons. The molecule has 0 aliphatic rings. The number of hydrogen-bond donors (Lipinski definition) is 1. The Hall–Kier alpha value is -2.58. The molecule has 0 saturated heterocycles. The number of aryl methyl sites for hydroxylation is 1. The first-order chi connectivity index (χ1) is 12.9. The van der Waals surface area contributed by atoms with Gasteiger partial charge in [0.1, 0.15) is 5.82 Å². The van der Waals surface area contributed by atoms with Crippen molar-refractivity contribution in [3.05, 3.63) is 36.4 Å². The van der Waals surface area contributed by atoms with Crippen LogP contribution in [-0.4, -0.2) is 32.2 Å². The Kier molecular flexibility index (Phi) is 5.38. The van der Waals surface area contributed by atoms with Crippen molar-refractivity contribution >= 4 is 21.1 Å². The number of benzene rings is 2. The zero-order valence-corrected chi connectivity index (χ0v) is 16.4. The summed E-state index contributed by atoms with van der Waals surface area (Å²) in [5, 5.41) is 5.26. The lowest BCUT2D eigenvalue weighted by molar-refractivity contribution is 0.355. The lowest BCUT2D eigenvalue weighted by Gasteiger charge is -2.12. The molecule has 3 rings (SSSR count). The van der Waals surface area contributed by atoms with Gasteiger partial charge in [-0.3, -0.25) is 0 Å². The third-order valence-corrected chi connectivity index (χ3v) is 5.34. The molecule has 7 nitrogen and oxygen atoms in total. The number of sulfonamides is 1. The number of hydrogen-bond acceptors (Lipinski definition) is 5. The van der Waals surface area contributed by atoms with Gasteiger partial charge >= 0.3 is 0 Å². The quantitative estimate of drug-likeness (QED) is 0.669. The molecule has 0 amide bonds. The summed E-state index contributed by atoms with van der Waals surface area (Å²) in [6.07, 6.45) is 2.00. The maximum Gasteiger partial charge on any atom is 0.238 e. The van der Waals surface area contributed by atoms with Crippen LogP contribution in [0.1, 0.15) is 19.8 Å². The third kappa shape index (κ3) is 3.77. The summed E-state index contributed by atoms with van der Waals surface area (Å²) in [4.78, 5) is 4.74. The highest BCUT2D eigenvalue weighted by molar-refractivity contribution is 7.89. The Morgan fingerprint density at radius 2 is 1.81 bits per heavy atom. The number of nitrogens with two attached hydrogens (primary N) is 1. The molecule has 0 aliphatic carbocycles. The molecule has 8 heteroatoms. The number of nitrogens with zero attached hydrogens (tertiary/aromatic N) is 2. The summed E-state index contributed by atoms with van der Waals surface area (Å²) < 4.78 is 36.1. The van der Waals surface area contributed by atoms with Gasteiger partial charge < -0.3 is 14.0 Å². The minimum Gasteiger partial charge on any atom is -0.493 e. The van der Waals surface area contributed by atoms with Gasteiger partial charge in [0.15, 0.2) is 11.5 Å². The molecule has 0 saturated carbocycles. The number of unbranched alkanes of at least 4 members (excludes halogenated alkanes) is 1. The third-order valence-electron chi connectivity index (χ3n) is 4.43. The predicted molar refractivity (Wildman–Crippen MR) is 105 cm³/mol. The second-order valence-corrected chi connectivity index (χ2v) is 7.77. The average molecular weight is 389 g/mol. The molecule has 1 heterocycles. The van der Waals surface area contributed by atoms with Crippen LogP contribution in [0.3, 0.4) is 0 Å². The molecule has 0 radical (unpaired) electrons. The molecule has 0 atom stereocenters. The summed E-state index contributed by atoms with van der Waals surface area (Å²) >= 11 is 0. The molecule has 1 aromatic heterocycles. The molecule has 0 fully saturated rings. The normalized spacial score (nSPS) is 11.7. The Bertz CT molecular complexity index is 1070. The van der Waals surface area contributed by atoms with Gasteiger partial charge in [0, 0.05) is 12.1 Å². The van der Waals surface area contributed by atoms with Gasteiger partial charge in [-0.1, -0.05) is 13.3 Å². The number of fused-ring (bicyclic) bond motifs is 1. The highest BCUT2D eigenvalue weighted by Gasteiger charge is 2.17. The number of primary sulfonamides is 1. The van der Waals surface area contributed by atoms with Crippen LogP contribution in [0.2, 0.25) is 0 Å². The van der Waals surface area contributed by atoms with Crippen LogP contribution in [0.5, 0.6) is 11.5 Å². The monoisotopic (exact) mass is 389 g/mol. The predicted octanol–water partition coefficient (Wildman–Crippen LogP) is 3.17. The summed E-state index contributed by atoms with van der Waals surface area (Å²) in [6, 6.07) is 10.4. The first-order valence-corrected chi connectivity index (χ1v) is 10.2. The van der Waals surface area contributed by atoms with Crippen molar-refractivity contribution in [2.45, 2.75) is 31.2 Å². The van der Waals surface area contributed by atoms with E-state index in [9.17, 15) is 8.42 Å². The van der Waals surface area contributed by atoms with Gasteiger partial charge in [0.2, 0.25) is 10.0 Å². The van der Waals surface area contributed by atoms with E-state index in [-0.39, 0.29) is 4.90 Å². The van der Waals surface area contributed by atoms with Crippen molar-refractivity contribution in [3.63, 3.8) is 0 Å². The van der Waals surface area contributed by atoms with Crippen LogP contribution in [0.25, 0.3) is 22.4 Å². The molecule has 2 N–H and O–H groups in total. The lowest BCUT2D eigenvalue weighted by Crippen LogP contribution is -2.11. The number of methoxy groups -OCH3 is 2. The fourth-order valence-electron chi connectivity index (χ4n) is 3.02. The average Bonchev–Trinajstić information content (AvgIpc) is 3.02. The van der Waals surface area contributed by atoms with Crippen molar-refractivity contribution in [3.8, 4) is 22.9 Å². The second-order valence-electron chi connectivity index (χ2n) is 6.21. The molecule has 0 bridgehead atoms. The van der Waals surface area contributed by atoms with Crippen molar-refractivity contribution in [1.29, 1.82) is 0 Å². The molecule has 2 aromatic carbocycles. The van der Waals surface area contributed by atoms with Gasteiger partial charge in [0.05, 0.1) is 30.1 Å². The summed E-state index contributed by atoms with van der Waals surface area (Å²) in [6.45, 7) is 2.89. The molecule has 0 spiro atoms. The van der Waals surface area contributed by atoms with Gasteiger partial charge in [-0.15, -0.1) is 0 Å². The number of rotatable bonds is 7. The van der Waals surface area contributed by atoms with Crippen molar-refractivity contribution in [2.24, 2.45) is 5.14 Å². The zero-order valence-electron chi connectivity index (χ0n) is 15.6. The Labute approximate surface area is 158 Å². The Morgan fingerprint density at radius 3 is 2.44 bits per heavy atom. The molecular weight excluding hydrogens is 366 g/mol. The maximum absolute atomic E-state index is 11.7. The molecule has 3 aromatic rings. The van der Waals surface area contributed by atoms with Gasteiger partial charge in [-0.05, 0) is 42.8 Å². The number of ether oxygens (including phenoxy) is 2. The van der Waals surface area contributed by atoms with E-state index in [0.717, 1.165) is 36.3 Å². The van der Waals surface area contributed by atoms with E-state index in [1.165, 1.54) is 12.1 Å². The zero-order chi connectivity index (χ0) is 19.6. The highest BCUT2D eigenvalue weighted by atomic mass is 32.2. The van der Waals surface area contributed by atoms with Gasteiger partial charge in [0.25, 0.3) is 0 Å². The first-order valence-electron chi connectivity index (χ1n) is 8.64. The largest absolute Gasteiger partial charge is 0.493 e. The Balaban J connectivity index is 2.21. The van der Waals surface area contributed by atoms with E-state index in [1.807, 2.05) is 18.2 Å². The topological polar surface area (TPSA) is 96.4 Å². The van der Waals surface area contributed by atoms with E-state index in [4.69, 9.17) is 14.6 Å². The van der Waals surface area contributed by atoms with Crippen LogP contribution < -0.4 is 14.6 Å². The van der Waals surface area contributed by atoms with Gasteiger partial charge in [-0.2, -0.15) is 0 Å². The van der Waals surface area contributed by atoms with Crippen LogP contribution in [0, 0.1) is 0 Å². The van der Waals surface area contributed by atoms with Crippen molar-refractivity contribution in [2.75, 3.05) is 14.2 Å². The minimum absolute atomic E-state index is 0.0500. The van der Waals surface area contributed by atoms with Crippen LogP contribution >= 0.6 is 0 Å². The molecular formula is C19H23N3O4S. The van der Waals surface area contributed by atoms with Crippen LogP contribution in [-0.2, 0) is 16.6 Å². The second kappa shape index (κ2) is 7.58. The number of aromatic nitrogens is 2. The van der Waals surface area contributed by atoms with Gasteiger partial charge in [-0.25, -0.2) is 18.5 Å². The molecule has 27 heavy (non-hydrogen) atoms. The summed E-state index contributed by atoms with van der Waals surface area (Å²) in [5.74, 6) is 1.98.